The van der Waals surface area contributed by atoms with E-state index in [-0.39, 0.29) is 0 Å². The monoisotopic (exact) mass is 199 g/mol. The first-order valence-corrected chi connectivity index (χ1v) is 4.60. The fourth-order valence-electron chi connectivity index (χ4n) is 1.29. The predicted molar refractivity (Wildman–Crippen MR) is 55.5 cm³/mol. The van der Waals surface area contributed by atoms with Crippen LogP contribution in [0.25, 0.3) is 0 Å². The van der Waals surface area contributed by atoms with Crippen molar-refractivity contribution in [3.8, 4) is 5.75 Å². The van der Waals surface area contributed by atoms with E-state index in [9.17, 15) is 0 Å². The second-order valence-electron chi connectivity index (χ2n) is 2.98. The molecular formula is C10H14ClNO. The van der Waals surface area contributed by atoms with Crippen molar-refractivity contribution in [1.29, 1.82) is 0 Å². The molecular weight excluding hydrogens is 186 g/mol. The lowest BCUT2D eigenvalue weighted by Crippen LogP contribution is -2.04. The third kappa shape index (κ3) is 2.36. The standard InChI is InChI=1S/C10H14ClNO/c1-7-5-8(3-4-12)10(11)9(6-7)13-2/h5-6H,3-4,12H2,1-2H3. The van der Waals surface area contributed by atoms with Crippen molar-refractivity contribution < 1.29 is 4.74 Å². The van der Waals surface area contributed by atoms with Crippen LogP contribution in [0.1, 0.15) is 11.1 Å². The second-order valence-corrected chi connectivity index (χ2v) is 3.36. The molecule has 0 amide bonds. The maximum atomic E-state index is 6.08. The van der Waals surface area contributed by atoms with Crippen molar-refractivity contribution in [3.05, 3.63) is 28.3 Å². The SMILES string of the molecule is COc1cc(C)cc(CCN)c1Cl. The van der Waals surface area contributed by atoms with Gasteiger partial charge in [-0.2, -0.15) is 0 Å². The van der Waals surface area contributed by atoms with Gasteiger partial charge in [-0.25, -0.2) is 0 Å². The Hall–Kier alpha value is -0.730. The molecule has 0 atom stereocenters. The summed E-state index contributed by atoms with van der Waals surface area (Å²) in [6.45, 7) is 2.62. The van der Waals surface area contributed by atoms with E-state index in [1.165, 1.54) is 0 Å². The number of hydrogen-bond acceptors (Lipinski definition) is 2. The number of halogens is 1. The van der Waals surface area contributed by atoms with Crippen molar-refractivity contribution in [2.24, 2.45) is 5.73 Å². The maximum Gasteiger partial charge on any atom is 0.137 e. The number of ether oxygens (including phenoxy) is 1. The molecule has 0 aliphatic rings. The first-order chi connectivity index (χ1) is 6.19. The van der Waals surface area contributed by atoms with Crippen LogP contribution in [0, 0.1) is 6.92 Å². The molecule has 0 saturated carbocycles. The Kier molecular flexibility index (Phi) is 3.58. The molecule has 0 fully saturated rings. The van der Waals surface area contributed by atoms with Crippen LogP contribution in [0.5, 0.6) is 5.75 Å². The number of methoxy groups -OCH3 is 1. The van der Waals surface area contributed by atoms with Crippen LogP contribution in [0.15, 0.2) is 12.1 Å². The number of hydrogen-bond donors (Lipinski definition) is 1. The number of nitrogens with two attached hydrogens (primary N) is 1. The van der Waals surface area contributed by atoms with Crippen molar-refractivity contribution in [1.82, 2.24) is 0 Å². The van der Waals surface area contributed by atoms with E-state index in [1.807, 2.05) is 19.1 Å². The normalized spacial score (nSPS) is 10.2. The largest absolute Gasteiger partial charge is 0.495 e. The highest BCUT2D eigenvalue weighted by Gasteiger charge is 2.06. The Morgan fingerprint density at radius 1 is 1.46 bits per heavy atom. The molecule has 0 radical (unpaired) electrons. The molecule has 3 heteroatoms. The topological polar surface area (TPSA) is 35.2 Å². The van der Waals surface area contributed by atoms with Crippen LogP contribution in [-0.4, -0.2) is 13.7 Å². The molecule has 2 N–H and O–H groups in total. The average Bonchev–Trinajstić information content (AvgIpc) is 2.11. The van der Waals surface area contributed by atoms with E-state index in [1.54, 1.807) is 7.11 Å². The van der Waals surface area contributed by atoms with Gasteiger partial charge in [0.25, 0.3) is 0 Å². The van der Waals surface area contributed by atoms with E-state index in [2.05, 4.69) is 0 Å². The molecule has 13 heavy (non-hydrogen) atoms. The highest BCUT2D eigenvalue weighted by atomic mass is 35.5. The van der Waals surface area contributed by atoms with E-state index < -0.39 is 0 Å². The van der Waals surface area contributed by atoms with Crippen LogP contribution in [-0.2, 0) is 6.42 Å². The lowest BCUT2D eigenvalue weighted by Gasteiger charge is -2.09. The third-order valence-corrected chi connectivity index (χ3v) is 2.32. The minimum Gasteiger partial charge on any atom is -0.495 e. The first-order valence-electron chi connectivity index (χ1n) is 4.22. The average molecular weight is 200 g/mol. The van der Waals surface area contributed by atoms with Gasteiger partial charge in [0.15, 0.2) is 0 Å². The third-order valence-electron chi connectivity index (χ3n) is 1.89. The van der Waals surface area contributed by atoms with E-state index >= 15 is 0 Å². The highest BCUT2D eigenvalue weighted by Crippen LogP contribution is 2.29. The summed E-state index contributed by atoms with van der Waals surface area (Å²) in [5.41, 5.74) is 7.67. The Balaban J connectivity index is 3.11. The van der Waals surface area contributed by atoms with Gasteiger partial charge >= 0.3 is 0 Å². The van der Waals surface area contributed by atoms with Gasteiger partial charge in [-0.1, -0.05) is 17.7 Å². The number of rotatable bonds is 3. The summed E-state index contributed by atoms with van der Waals surface area (Å²) in [5.74, 6) is 0.727. The Bertz CT molecular complexity index is 299. The summed E-state index contributed by atoms with van der Waals surface area (Å²) >= 11 is 6.08. The molecule has 1 aromatic rings. The molecule has 0 aliphatic carbocycles. The van der Waals surface area contributed by atoms with Gasteiger partial charge in [-0.05, 0) is 37.1 Å². The summed E-state index contributed by atoms with van der Waals surface area (Å²) < 4.78 is 5.14. The summed E-state index contributed by atoms with van der Waals surface area (Å²) in [6, 6.07) is 3.96. The fraction of sp³-hybridized carbons (Fsp3) is 0.400. The molecule has 72 valence electrons. The van der Waals surface area contributed by atoms with Gasteiger partial charge in [0.2, 0.25) is 0 Å². The van der Waals surface area contributed by atoms with Gasteiger partial charge in [0.1, 0.15) is 5.75 Å². The van der Waals surface area contributed by atoms with Crippen molar-refractivity contribution in [2.45, 2.75) is 13.3 Å². The number of aryl methyl sites for hydroxylation is 1. The Labute approximate surface area is 83.6 Å². The quantitative estimate of drug-likeness (QED) is 0.810. The summed E-state index contributed by atoms with van der Waals surface area (Å²) in [4.78, 5) is 0. The second kappa shape index (κ2) is 4.49. The lowest BCUT2D eigenvalue weighted by molar-refractivity contribution is 0.414. The maximum absolute atomic E-state index is 6.08. The molecule has 0 unspecified atom stereocenters. The van der Waals surface area contributed by atoms with Gasteiger partial charge in [-0.15, -0.1) is 0 Å². The summed E-state index contributed by atoms with van der Waals surface area (Å²) in [6.07, 6.45) is 0.789. The molecule has 0 aliphatic heterocycles. The van der Waals surface area contributed by atoms with Crippen molar-refractivity contribution in [2.75, 3.05) is 13.7 Å². The summed E-state index contributed by atoms with van der Waals surface area (Å²) in [5, 5.41) is 0.679. The molecule has 1 aromatic carbocycles. The predicted octanol–water partition coefficient (Wildman–Crippen LogP) is 2.16. The Morgan fingerprint density at radius 3 is 2.69 bits per heavy atom. The van der Waals surface area contributed by atoms with E-state index in [4.69, 9.17) is 22.1 Å². The van der Waals surface area contributed by atoms with Gasteiger partial charge in [0, 0.05) is 0 Å². The minimum atomic E-state index is 0.603. The zero-order valence-corrected chi connectivity index (χ0v) is 8.69. The van der Waals surface area contributed by atoms with Gasteiger partial charge in [0.05, 0.1) is 12.1 Å². The van der Waals surface area contributed by atoms with Crippen LogP contribution in [0.4, 0.5) is 0 Å². The minimum absolute atomic E-state index is 0.603. The van der Waals surface area contributed by atoms with E-state index in [0.717, 1.165) is 23.3 Å². The van der Waals surface area contributed by atoms with Gasteiger partial charge in [-0.3, -0.25) is 0 Å². The summed E-state index contributed by atoms with van der Waals surface area (Å²) in [7, 11) is 1.62. The zero-order valence-electron chi connectivity index (χ0n) is 7.93. The van der Waals surface area contributed by atoms with Gasteiger partial charge < -0.3 is 10.5 Å². The molecule has 0 saturated heterocycles. The van der Waals surface area contributed by atoms with Crippen LogP contribution in [0.3, 0.4) is 0 Å². The Morgan fingerprint density at radius 2 is 2.15 bits per heavy atom. The van der Waals surface area contributed by atoms with Crippen molar-refractivity contribution >= 4 is 11.6 Å². The van der Waals surface area contributed by atoms with Crippen LogP contribution < -0.4 is 10.5 Å². The van der Waals surface area contributed by atoms with Crippen LogP contribution >= 0.6 is 11.6 Å². The zero-order chi connectivity index (χ0) is 9.84. The smallest absolute Gasteiger partial charge is 0.137 e. The number of benzene rings is 1. The van der Waals surface area contributed by atoms with Crippen LogP contribution in [0.2, 0.25) is 5.02 Å². The lowest BCUT2D eigenvalue weighted by atomic mass is 10.1. The highest BCUT2D eigenvalue weighted by molar-refractivity contribution is 6.32. The van der Waals surface area contributed by atoms with E-state index in [0.29, 0.717) is 11.6 Å². The molecule has 0 aromatic heterocycles. The fourth-order valence-corrected chi connectivity index (χ4v) is 1.57. The molecule has 2 nitrogen and oxygen atoms in total. The van der Waals surface area contributed by atoms with Crippen molar-refractivity contribution in [3.63, 3.8) is 0 Å². The first kappa shape index (κ1) is 10.4. The molecule has 0 heterocycles. The molecule has 0 bridgehead atoms. The molecule has 1 rings (SSSR count). The molecule has 0 spiro atoms.